The Morgan fingerprint density at radius 1 is 1.27 bits per heavy atom. The topological polar surface area (TPSA) is 47.8 Å². The zero-order valence-corrected chi connectivity index (χ0v) is 9.57. The summed E-state index contributed by atoms with van der Waals surface area (Å²) >= 11 is 0. The lowest BCUT2D eigenvalue weighted by molar-refractivity contribution is 0.111. The molecule has 0 saturated heterocycles. The van der Waals surface area contributed by atoms with Crippen LogP contribution in [0.25, 0.3) is 0 Å². The van der Waals surface area contributed by atoms with Gasteiger partial charge in [0.1, 0.15) is 5.69 Å². The summed E-state index contributed by atoms with van der Waals surface area (Å²) in [6.07, 6.45) is 6.19. The van der Waals surface area contributed by atoms with Crippen molar-refractivity contribution in [3.63, 3.8) is 0 Å². The van der Waals surface area contributed by atoms with Crippen LogP contribution in [-0.2, 0) is 13.0 Å². The Labute approximate surface area is 90.7 Å². The van der Waals surface area contributed by atoms with Crippen LogP contribution < -0.4 is 0 Å². The molecule has 0 unspecified atom stereocenters. The maximum atomic E-state index is 10.7. The van der Waals surface area contributed by atoms with Gasteiger partial charge in [-0.15, -0.1) is 5.10 Å². The second-order valence-electron chi connectivity index (χ2n) is 3.72. The van der Waals surface area contributed by atoms with E-state index < -0.39 is 0 Å². The molecule has 0 spiro atoms. The van der Waals surface area contributed by atoms with E-state index in [1.54, 1.807) is 0 Å². The van der Waals surface area contributed by atoms with Crippen LogP contribution in [0.2, 0.25) is 0 Å². The van der Waals surface area contributed by atoms with Gasteiger partial charge in [0.25, 0.3) is 0 Å². The fraction of sp³-hybridized carbons (Fsp3) is 0.727. The molecule has 0 aliphatic rings. The van der Waals surface area contributed by atoms with Crippen LogP contribution in [0.5, 0.6) is 0 Å². The lowest BCUT2D eigenvalue weighted by Crippen LogP contribution is -2.06. The number of aldehydes is 1. The van der Waals surface area contributed by atoms with Crippen LogP contribution in [0.15, 0.2) is 0 Å². The molecule has 0 bridgehead atoms. The highest BCUT2D eigenvalue weighted by atomic mass is 16.1. The summed E-state index contributed by atoms with van der Waals surface area (Å²) in [5.41, 5.74) is 1.50. The Morgan fingerprint density at radius 3 is 2.67 bits per heavy atom. The van der Waals surface area contributed by atoms with Crippen molar-refractivity contribution in [3.8, 4) is 0 Å². The predicted octanol–water partition coefficient (Wildman–Crippen LogP) is 2.23. The minimum Gasteiger partial charge on any atom is -0.296 e. The molecule has 0 aliphatic carbocycles. The number of aryl methyl sites for hydroxylation is 1. The van der Waals surface area contributed by atoms with Gasteiger partial charge in [-0.1, -0.05) is 38.3 Å². The summed E-state index contributed by atoms with van der Waals surface area (Å²) in [5.74, 6) is 0. The summed E-state index contributed by atoms with van der Waals surface area (Å²) in [6, 6.07) is 0. The van der Waals surface area contributed by atoms with Crippen LogP contribution in [0.4, 0.5) is 0 Å². The first-order valence-corrected chi connectivity index (χ1v) is 5.71. The maximum Gasteiger partial charge on any atom is 0.172 e. The molecule has 0 radical (unpaired) electrons. The molecule has 0 saturated carbocycles. The van der Waals surface area contributed by atoms with Crippen molar-refractivity contribution in [3.05, 3.63) is 11.4 Å². The number of unbranched alkanes of at least 4 members (excludes halogenated alkanes) is 2. The molecule has 0 N–H and O–H groups in total. The van der Waals surface area contributed by atoms with Crippen LogP contribution in [0, 0.1) is 0 Å². The summed E-state index contributed by atoms with van der Waals surface area (Å²) in [5, 5.41) is 7.89. The quantitative estimate of drug-likeness (QED) is 0.511. The first kappa shape index (κ1) is 11.9. The number of carbonyl (C=O) groups excluding carboxylic acids is 1. The molecule has 4 heteroatoms. The zero-order chi connectivity index (χ0) is 11.1. The van der Waals surface area contributed by atoms with Gasteiger partial charge >= 0.3 is 0 Å². The molecule has 1 rings (SSSR count). The molecule has 1 aromatic heterocycles. The largest absolute Gasteiger partial charge is 0.296 e. The van der Waals surface area contributed by atoms with E-state index in [2.05, 4.69) is 24.2 Å². The fourth-order valence-electron chi connectivity index (χ4n) is 1.62. The average molecular weight is 209 g/mol. The summed E-state index contributed by atoms with van der Waals surface area (Å²) in [7, 11) is 0. The summed E-state index contributed by atoms with van der Waals surface area (Å²) in [4.78, 5) is 10.7. The smallest absolute Gasteiger partial charge is 0.172 e. The number of nitrogens with zero attached hydrogens (tertiary/aromatic N) is 3. The third-order valence-electron chi connectivity index (χ3n) is 2.44. The third kappa shape index (κ3) is 3.15. The van der Waals surface area contributed by atoms with Gasteiger partial charge in [0.05, 0.1) is 5.69 Å². The van der Waals surface area contributed by atoms with Crippen LogP contribution >= 0.6 is 0 Å². The second-order valence-corrected chi connectivity index (χ2v) is 3.72. The molecule has 15 heavy (non-hydrogen) atoms. The number of hydrogen-bond donors (Lipinski definition) is 0. The number of hydrogen-bond acceptors (Lipinski definition) is 3. The van der Waals surface area contributed by atoms with E-state index in [-0.39, 0.29) is 0 Å². The minimum absolute atomic E-state index is 0.508. The van der Waals surface area contributed by atoms with E-state index in [4.69, 9.17) is 0 Å². The van der Waals surface area contributed by atoms with Crippen molar-refractivity contribution in [2.45, 2.75) is 52.5 Å². The van der Waals surface area contributed by atoms with Gasteiger partial charge < -0.3 is 0 Å². The van der Waals surface area contributed by atoms with Gasteiger partial charge in [-0.05, 0) is 12.8 Å². The number of carbonyl (C=O) groups is 1. The molecule has 0 atom stereocenters. The van der Waals surface area contributed by atoms with Gasteiger partial charge in [-0.3, -0.25) is 4.79 Å². The molecule has 84 valence electrons. The highest BCUT2D eigenvalue weighted by Crippen LogP contribution is 2.08. The van der Waals surface area contributed by atoms with E-state index in [0.29, 0.717) is 5.69 Å². The van der Waals surface area contributed by atoms with E-state index >= 15 is 0 Å². The molecular formula is C11H19N3O. The Morgan fingerprint density at radius 2 is 2.07 bits per heavy atom. The van der Waals surface area contributed by atoms with E-state index in [1.165, 1.54) is 12.8 Å². The lowest BCUT2D eigenvalue weighted by Gasteiger charge is -2.04. The van der Waals surface area contributed by atoms with Crippen molar-refractivity contribution < 1.29 is 4.79 Å². The Hall–Kier alpha value is -1.19. The van der Waals surface area contributed by atoms with Crippen LogP contribution in [-0.4, -0.2) is 21.3 Å². The monoisotopic (exact) mass is 209 g/mol. The van der Waals surface area contributed by atoms with Crippen LogP contribution in [0.1, 0.15) is 55.7 Å². The zero-order valence-electron chi connectivity index (χ0n) is 9.57. The van der Waals surface area contributed by atoms with Gasteiger partial charge in [0.2, 0.25) is 0 Å². The van der Waals surface area contributed by atoms with Crippen molar-refractivity contribution >= 4 is 6.29 Å². The van der Waals surface area contributed by atoms with Crippen molar-refractivity contribution in [1.82, 2.24) is 15.0 Å². The van der Waals surface area contributed by atoms with Crippen molar-refractivity contribution in [2.24, 2.45) is 0 Å². The molecular weight excluding hydrogens is 190 g/mol. The number of rotatable bonds is 7. The van der Waals surface area contributed by atoms with Crippen molar-refractivity contribution in [2.75, 3.05) is 0 Å². The Bertz CT molecular complexity index is 307. The SMILES string of the molecule is CCCCCn1nnc(C=O)c1CCC. The summed E-state index contributed by atoms with van der Waals surface area (Å²) < 4.78 is 1.88. The molecule has 0 aromatic carbocycles. The molecule has 0 amide bonds. The highest BCUT2D eigenvalue weighted by Gasteiger charge is 2.10. The molecule has 4 nitrogen and oxygen atoms in total. The highest BCUT2D eigenvalue weighted by molar-refractivity contribution is 5.73. The molecule has 0 fully saturated rings. The van der Waals surface area contributed by atoms with E-state index in [0.717, 1.165) is 37.8 Å². The molecule has 1 aromatic rings. The minimum atomic E-state index is 0.508. The predicted molar refractivity (Wildman–Crippen MR) is 58.9 cm³/mol. The first-order valence-electron chi connectivity index (χ1n) is 5.71. The van der Waals surface area contributed by atoms with Gasteiger partial charge in [-0.2, -0.15) is 0 Å². The average Bonchev–Trinajstić information content (AvgIpc) is 2.62. The van der Waals surface area contributed by atoms with Gasteiger partial charge in [-0.25, -0.2) is 4.68 Å². The van der Waals surface area contributed by atoms with Crippen molar-refractivity contribution in [1.29, 1.82) is 0 Å². The first-order chi connectivity index (χ1) is 7.33. The van der Waals surface area contributed by atoms with Crippen LogP contribution in [0.3, 0.4) is 0 Å². The normalized spacial score (nSPS) is 10.5. The number of aromatic nitrogens is 3. The summed E-state index contributed by atoms with van der Waals surface area (Å²) in [6.45, 7) is 5.15. The van der Waals surface area contributed by atoms with Gasteiger partial charge in [0.15, 0.2) is 6.29 Å². The van der Waals surface area contributed by atoms with E-state index in [1.807, 2.05) is 4.68 Å². The van der Waals surface area contributed by atoms with Gasteiger partial charge in [0, 0.05) is 6.54 Å². The molecule has 1 heterocycles. The van der Waals surface area contributed by atoms with E-state index in [9.17, 15) is 4.79 Å². The Kier molecular flexibility index (Phi) is 5.01. The lowest BCUT2D eigenvalue weighted by atomic mass is 10.2. The fourth-order valence-corrected chi connectivity index (χ4v) is 1.62. The Balaban J connectivity index is 2.68. The second kappa shape index (κ2) is 6.32. The molecule has 0 aliphatic heterocycles. The maximum absolute atomic E-state index is 10.7. The third-order valence-corrected chi connectivity index (χ3v) is 2.44. The standard InChI is InChI=1S/C11H19N3O/c1-3-5-6-8-14-11(7-4-2)10(9-15)12-13-14/h9H,3-8H2,1-2H3.